The highest BCUT2D eigenvalue weighted by Crippen LogP contribution is 2.38. The molecule has 2 saturated heterocycles. The van der Waals surface area contributed by atoms with Gasteiger partial charge in [0.1, 0.15) is 23.9 Å². The first kappa shape index (κ1) is 39.2. The van der Waals surface area contributed by atoms with Crippen LogP contribution < -0.4 is 21.7 Å². The first-order chi connectivity index (χ1) is 24.1. The van der Waals surface area contributed by atoms with Gasteiger partial charge in [0.25, 0.3) is 0 Å². The van der Waals surface area contributed by atoms with Crippen LogP contribution in [-0.4, -0.2) is 102 Å². The zero-order chi connectivity index (χ0) is 35.7. The molecule has 1 aliphatic carbocycles. The van der Waals surface area contributed by atoms with Crippen LogP contribution in [0.1, 0.15) is 70.4 Å². The normalized spacial score (nSPS) is 37.0. The molecule has 13 atom stereocenters. The van der Waals surface area contributed by atoms with Crippen LogP contribution >= 0.6 is 0 Å². The van der Waals surface area contributed by atoms with Gasteiger partial charge in [-0.05, 0) is 75.6 Å². The van der Waals surface area contributed by atoms with Crippen LogP contribution in [0, 0.1) is 11.8 Å². The number of nitrogens with two attached hydrogens (primary N) is 1. The summed E-state index contributed by atoms with van der Waals surface area (Å²) < 4.78 is 26.2. The number of aliphatic hydroxyl groups excluding tert-OH is 2. The molecule has 7 unspecified atom stereocenters. The van der Waals surface area contributed by atoms with Gasteiger partial charge in [-0.15, -0.1) is 0 Å². The SMILES string of the molecule is CCC(C)[C@@H]1CCC(NCc2ccccc2)C(OC2C(NCc3ccccc3)C[C@@H](CCCN)C(OC3OC[C@](C)(O)[C@H](NC)[C@H]3O)[C@H]2O)O1. The van der Waals surface area contributed by atoms with Crippen molar-refractivity contribution in [2.45, 2.75) is 139 Å². The molecule has 5 rings (SSSR count). The lowest BCUT2D eigenvalue weighted by Gasteiger charge is -2.50. The molecule has 0 spiro atoms. The smallest absolute Gasteiger partial charge is 0.185 e. The van der Waals surface area contributed by atoms with Gasteiger partial charge in [-0.2, -0.15) is 0 Å². The van der Waals surface area contributed by atoms with Crippen molar-refractivity contribution in [2.75, 3.05) is 20.2 Å². The molecule has 8 N–H and O–H groups in total. The molecule has 1 saturated carbocycles. The van der Waals surface area contributed by atoms with E-state index in [4.69, 9.17) is 24.7 Å². The summed E-state index contributed by atoms with van der Waals surface area (Å²) in [5, 5.41) is 44.9. The highest BCUT2D eigenvalue weighted by atomic mass is 16.7. The highest BCUT2D eigenvalue weighted by molar-refractivity contribution is 5.16. The van der Waals surface area contributed by atoms with Gasteiger partial charge in [0.15, 0.2) is 12.6 Å². The predicted molar refractivity (Wildman–Crippen MR) is 193 cm³/mol. The maximum absolute atomic E-state index is 12.4. The Bertz CT molecular complexity index is 1260. The largest absolute Gasteiger partial charge is 0.388 e. The van der Waals surface area contributed by atoms with E-state index in [1.54, 1.807) is 14.0 Å². The van der Waals surface area contributed by atoms with Gasteiger partial charge < -0.3 is 56.0 Å². The van der Waals surface area contributed by atoms with E-state index in [0.29, 0.717) is 32.0 Å². The van der Waals surface area contributed by atoms with Gasteiger partial charge in [-0.3, -0.25) is 0 Å². The summed E-state index contributed by atoms with van der Waals surface area (Å²) in [5.74, 6) is 0.263. The minimum Gasteiger partial charge on any atom is -0.388 e. The van der Waals surface area contributed by atoms with Crippen molar-refractivity contribution in [2.24, 2.45) is 17.6 Å². The summed E-state index contributed by atoms with van der Waals surface area (Å²) in [6.07, 6.45) is -0.337. The van der Waals surface area contributed by atoms with E-state index in [1.165, 1.54) is 5.56 Å². The summed E-state index contributed by atoms with van der Waals surface area (Å²) in [6, 6.07) is 19.5. The summed E-state index contributed by atoms with van der Waals surface area (Å²) >= 11 is 0. The summed E-state index contributed by atoms with van der Waals surface area (Å²) in [7, 11) is 1.69. The van der Waals surface area contributed by atoms with E-state index >= 15 is 0 Å². The van der Waals surface area contributed by atoms with E-state index < -0.39 is 48.6 Å². The second-order valence-corrected chi connectivity index (χ2v) is 14.9. The van der Waals surface area contributed by atoms with Gasteiger partial charge in [0.05, 0.1) is 30.9 Å². The second-order valence-electron chi connectivity index (χ2n) is 14.9. The van der Waals surface area contributed by atoms with Crippen molar-refractivity contribution in [1.82, 2.24) is 16.0 Å². The Balaban J connectivity index is 1.42. The molecular formula is C39H62N4O7. The quantitative estimate of drug-likeness (QED) is 0.138. The minimum absolute atomic E-state index is 0.0284. The standard InChI is InChI=1S/C39H62N4O7/c1-5-25(2)31-19-18-29(42-22-26-13-8-6-9-14-26)37(48-31)50-35-30(43-23-27-15-10-7-11-16-27)21-28(17-12-20-40)34(32(35)44)49-38-33(45)36(41-4)39(3,46)24-47-38/h6-11,13-16,25,28-38,41-46H,5,12,17-24,40H2,1-4H3/t25?,28-,29?,30?,31+,32-,33-,34?,35?,36-,37?,38?,39+/m1/s1. The summed E-state index contributed by atoms with van der Waals surface area (Å²) in [4.78, 5) is 0. The number of rotatable bonds is 16. The maximum Gasteiger partial charge on any atom is 0.185 e. The Labute approximate surface area is 298 Å². The number of benzene rings is 2. The fraction of sp³-hybridized carbons (Fsp3) is 0.692. The second kappa shape index (κ2) is 18.7. The number of hydrogen-bond acceptors (Lipinski definition) is 11. The fourth-order valence-corrected chi connectivity index (χ4v) is 7.91. The molecule has 0 bridgehead atoms. The molecule has 3 aliphatic rings. The molecule has 2 aromatic carbocycles. The van der Waals surface area contributed by atoms with Gasteiger partial charge >= 0.3 is 0 Å². The third kappa shape index (κ3) is 9.90. The van der Waals surface area contributed by atoms with Crippen LogP contribution in [0.4, 0.5) is 0 Å². The molecule has 280 valence electrons. The summed E-state index contributed by atoms with van der Waals surface area (Å²) in [6.45, 7) is 7.78. The van der Waals surface area contributed by atoms with Crippen LogP contribution in [0.15, 0.2) is 60.7 Å². The van der Waals surface area contributed by atoms with E-state index in [1.807, 2.05) is 36.4 Å². The van der Waals surface area contributed by atoms with E-state index in [-0.39, 0.29) is 30.7 Å². The number of nitrogens with one attached hydrogen (secondary N) is 3. The zero-order valence-corrected chi connectivity index (χ0v) is 30.3. The topological polar surface area (TPSA) is 160 Å². The van der Waals surface area contributed by atoms with E-state index in [9.17, 15) is 15.3 Å². The van der Waals surface area contributed by atoms with Crippen LogP contribution in [-0.2, 0) is 32.0 Å². The van der Waals surface area contributed by atoms with Crippen LogP contribution in [0.5, 0.6) is 0 Å². The molecule has 0 aromatic heterocycles. The Hall–Kier alpha value is -2.00. The van der Waals surface area contributed by atoms with Crippen LogP contribution in [0.25, 0.3) is 0 Å². The molecule has 50 heavy (non-hydrogen) atoms. The molecule has 11 heteroatoms. The van der Waals surface area contributed by atoms with Gasteiger partial charge in [0, 0.05) is 19.1 Å². The van der Waals surface area contributed by atoms with E-state index in [0.717, 1.165) is 37.7 Å². The average Bonchev–Trinajstić information content (AvgIpc) is 3.13. The Kier molecular flexibility index (Phi) is 14.6. The van der Waals surface area contributed by atoms with Gasteiger partial charge in [-0.25, -0.2) is 0 Å². The molecule has 11 nitrogen and oxygen atoms in total. The third-order valence-electron chi connectivity index (χ3n) is 11.1. The monoisotopic (exact) mass is 698 g/mol. The Morgan fingerprint density at radius 3 is 2.12 bits per heavy atom. The number of ether oxygens (including phenoxy) is 4. The first-order valence-corrected chi connectivity index (χ1v) is 18.7. The molecule has 0 radical (unpaired) electrons. The third-order valence-corrected chi connectivity index (χ3v) is 11.1. The molecule has 3 fully saturated rings. The van der Waals surface area contributed by atoms with Crippen molar-refractivity contribution >= 4 is 0 Å². The van der Waals surface area contributed by atoms with Crippen molar-refractivity contribution in [3.05, 3.63) is 71.8 Å². The molecule has 2 aromatic rings. The number of aliphatic hydroxyl groups is 3. The van der Waals surface area contributed by atoms with Crippen molar-refractivity contribution < 1.29 is 34.3 Å². The fourth-order valence-electron chi connectivity index (χ4n) is 7.91. The lowest BCUT2D eigenvalue weighted by atomic mass is 9.76. The Morgan fingerprint density at radius 1 is 0.900 bits per heavy atom. The minimum atomic E-state index is -1.29. The van der Waals surface area contributed by atoms with E-state index in [2.05, 4.69) is 54.1 Å². The first-order valence-electron chi connectivity index (χ1n) is 18.7. The number of hydrogen-bond donors (Lipinski definition) is 7. The van der Waals surface area contributed by atoms with Crippen molar-refractivity contribution in [3.8, 4) is 0 Å². The van der Waals surface area contributed by atoms with Crippen molar-refractivity contribution in [3.63, 3.8) is 0 Å². The zero-order valence-electron chi connectivity index (χ0n) is 30.3. The van der Waals surface area contributed by atoms with Gasteiger partial charge in [-0.1, -0.05) is 80.9 Å². The summed E-state index contributed by atoms with van der Waals surface area (Å²) in [5.41, 5.74) is 7.01. The number of likely N-dealkylation sites (N-methyl/N-ethyl adjacent to an activating group) is 1. The van der Waals surface area contributed by atoms with Crippen LogP contribution in [0.2, 0.25) is 0 Å². The lowest BCUT2D eigenvalue weighted by molar-refractivity contribution is -0.315. The Morgan fingerprint density at radius 2 is 1.52 bits per heavy atom. The van der Waals surface area contributed by atoms with Crippen molar-refractivity contribution in [1.29, 1.82) is 0 Å². The van der Waals surface area contributed by atoms with Gasteiger partial charge in [0.2, 0.25) is 0 Å². The molecule has 2 aliphatic heterocycles. The average molecular weight is 699 g/mol. The molecule has 2 heterocycles. The van der Waals surface area contributed by atoms with Crippen LogP contribution in [0.3, 0.4) is 0 Å². The highest BCUT2D eigenvalue weighted by Gasteiger charge is 2.52. The molecular weight excluding hydrogens is 636 g/mol. The lowest BCUT2D eigenvalue weighted by Crippen LogP contribution is -2.67. The maximum atomic E-state index is 12.4. The molecule has 0 amide bonds. The predicted octanol–water partition coefficient (Wildman–Crippen LogP) is 2.80.